The maximum atomic E-state index is 13.2. The van der Waals surface area contributed by atoms with Crippen LogP contribution in [0.15, 0.2) is 48.5 Å². The Bertz CT molecular complexity index is 986. The molecule has 5 rings (SSSR count). The Labute approximate surface area is 187 Å². The van der Waals surface area contributed by atoms with Gasteiger partial charge in [0.25, 0.3) is 0 Å². The lowest BCUT2D eigenvalue weighted by Gasteiger charge is -2.18. The first kappa shape index (κ1) is 21.0. The molecule has 2 saturated heterocycles. The Morgan fingerprint density at radius 2 is 1.69 bits per heavy atom. The van der Waals surface area contributed by atoms with Crippen LogP contribution >= 0.6 is 0 Å². The molecule has 1 N–H and O–H groups in total. The van der Waals surface area contributed by atoms with Crippen molar-refractivity contribution in [2.75, 3.05) is 20.3 Å². The summed E-state index contributed by atoms with van der Waals surface area (Å²) >= 11 is 0. The Hall–Kier alpha value is -2.90. The Kier molecular flexibility index (Phi) is 5.85. The molecular formula is C25H27NO6. The molecule has 2 aromatic rings. The zero-order valence-corrected chi connectivity index (χ0v) is 18.0. The van der Waals surface area contributed by atoms with Gasteiger partial charge in [-0.2, -0.15) is 0 Å². The monoisotopic (exact) mass is 437 g/mol. The Morgan fingerprint density at radius 3 is 2.44 bits per heavy atom. The summed E-state index contributed by atoms with van der Waals surface area (Å²) in [4.78, 5) is 25.3. The summed E-state index contributed by atoms with van der Waals surface area (Å²) in [7, 11) is 1.61. The highest BCUT2D eigenvalue weighted by Crippen LogP contribution is 2.36. The number of hydrogen-bond donors (Lipinski definition) is 1. The highest BCUT2D eigenvalue weighted by atomic mass is 16.6. The van der Waals surface area contributed by atoms with Crippen molar-refractivity contribution in [3.05, 3.63) is 54.1 Å². The van der Waals surface area contributed by atoms with E-state index in [2.05, 4.69) is 5.32 Å². The van der Waals surface area contributed by atoms with Crippen LogP contribution < -0.4 is 14.8 Å². The van der Waals surface area contributed by atoms with E-state index in [1.807, 2.05) is 24.3 Å². The second-order valence-corrected chi connectivity index (χ2v) is 8.65. The van der Waals surface area contributed by atoms with Crippen LogP contribution in [0, 0.1) is 11.8 Å². The summed E-state index contributed by atoms with van der Waals surface area (Å²) in [5.74, 6) is 2.05. The van der Waals surface area contributed by atoms with Gasteiger partial charge in [0.15, 0.2) is 5.78 Å². The highest BCUT2D eigenvalue weighted by molar-refractivity contribution is 5.99. The minimum atomic E-state index is -0.193. The van der Waals surface area contributed by atoms with Gasteiger partial charge in [-0.3, -0.25) is 9.59 Å². The van der Waals surface area contributed by atoms with E-state index < -0.39 is 0 Å². The number of ether oxygens (including phenoxy) is 4. The van der Waals surface area contributed by atoms with E-state index in [0.717, 1.165) is 18.6 Å². The van der Waals surface area contributed by atoms with E-state index in [1.54, 1.807) is 31.4 Å². The maximum Gasteiger partial charge on any atom is 0.223 e. The van der Waals surface area contributed by atoms with Crippen LogP contribution in [0.25, 0.3) is 0 Å². The van der Waals surface area contributed by atoms with Gasteiger partial charge in [0.1, 0.15) is 23.4 Å². The first-order valence-corrected chi connectivity index (χ1v) is 11.1. The quantitative estimate of drug-likeness (QED) is 0.638. The normalized spacial score (nSPS) is 26.4. The van der Waals surface area contributed by atoms with Gasteiger partial charge in [-0.1, -0.05) is 12.1 Å². The molecule has 1 saturated carbocycles. The van der Waals surface area contributed by atoms with E-state index in [4.69, 9.17) is 18.9 Å². The van der Waals surface area contributed by atoms with Crippen molar-refractivity contribution in [2.24, 2.45) is 11.8 Å². The van der Waals surface area contributed by atoms with Gasteiger partial charge < -0.3 is 24.3 Å². The number of rotatable bonds is 8. The molecule has 1 amide bonds. The molecule has 7 nitrogen and oxygen atoms in total. The summed E-state index contributed by atoms with van der Waals surface area (Å²) < 4.78 is 23.1. The first-order valence-electron chi connectivity index (χ1n) is 11.1. The number of amides is 1. The lowest BCUT2D eigenvalue weighted by atomic mass is 9.92. The molecule has 0 aromatic heterocycles. The summed E-state index contributed by atoms with van der Waals surface area (Å²) in [5.41, 5.74) is 0.531. The average molecular weight is 437 g/mol. The molecule has 1 aliphatic carbocycles. The van der Waals surface area contributed by atoms with E-state index in [-0.39, 0.29) is 41.8 Å². The Balaban J connectivity index is 1.23. The molecule has 32 heavy (non-hydrogen) atoms. The number of carbonyl (C=O) groups is 2. The Morgan fingerprint density at radius 1 is 0.969 bits per heavy atom. The van der Waals surface area contributed by atoms with Crippen LogP contribution in [0.2, 0.25) is 0 Å². The fourth-order valence-electron chi connectivity index (χ4n) is 4.43. The largest absolute Gasteiger partial charge is 0.497 e. The predicted octanol–water partition coefficient (Wildman–Crippen LogP) is 3.37. The number of ketones is 1. The molecule has 4 atom stereocenters. The van der Waals surface area contributed by atoms with Crippen LogP contribution in [0.1, 0.15) is 29.6 Å². The van der Waals surface area contributed by atoms with Gasteiger partial charge >= 0.3 is 0 Å². The van der Waals surface area contributed by atoms with E-state index in [1.165, 1.54) is 0 Å². The van der Waals surface area contributed by atoms with Crippen molar-refractivity contribution >= 4 is 11.7 Å². The van der Waals surface area contributed by atoms with Gasteiger partial charge in [-0.25, -0.2) is 0 Å². The molecular weight excluding hydrogens is 410 g/mol. The fraction of sp³-hybridized carbons (Fsp3) is 0.440. The average Bonchev–Trinajstić information content (AvgIpc) is 3.49. The van der Waals surface area contributed by atoms with Crippen LogP contribution in [0.5, 0.6) is 17.2 Å². The van der Waals surface area contributed by atoms with Crippen LogP contribution in [0.3, 0.4) is 0 Å². The molecule has 2 heterocycles. The van der Waals surface area contributed by atoms with Crippen molar-refractivity contribution < 1.29 is 28.5 Å². The number of fused-ring (bicyclic) bond motifs is 1. The summed E-state index contributed by atoms with van der Waals surface area (Å²) in [5, 5.41) is 3.06. The minimum absolute atomic E-state index is 0.0163. The first-order chi connectivity index (χ1) is 15.6. The number of nitrogens with one attached hydrogen (secondary N) is 1. The van der Waals surface area contributed by atoms with Crippen molar-refractivity contribution in [3.8, 4) is 17.2 Å². The molecule has 7 heteroatoms. The van der Waals surface area contributed by atoms with Crippen molar-refractivity contribution in [2.45, 2.75) is 37.5 Å². The number of benzene rings is 2. The highest BCUT2D eigenvalue weighted by Gasteiger charge is 2.49. The maximum absolute atomic E-state index is 13.2. The van der Waals surface area contributed by atoms with Gasteiger partial charge in [0.05, 0.1) is 38.0 Å². The van der Waals surface area contributed by atoms with Gasteiger partial charge in [-0.15, -0.1) is 0 Å². The predicted molar refractivity (Wildman–Crippen MR) is 116 cm³/mol. The molecule has 0 bridgehead atoms. The molecule has 0 unspecified atom stereocenters. The lowest BCUT2D eigenvalue weighted by Crippen LogP contribution is -2.44. The summed E-state index contributed by atoms with van der Waals surface area (Å²) in [6.45, 7) is 0.869. The minimum Gasteiger partial charge on any atom is -0.497 e. The molecule has 0 spiro atoms. The number of para-hydroxylation sites is 1. The topological polar surface area (TPSA) is 83.1 Å². The lowest BCUT2D eigenvalue weighted by molar-refractivity contribution is -0.123. The molecule has 168 valence electrons. The van der Waals surface area contributed by atoms with Crippen molar-refractivity contribution in [1.29, 1.82) is 0 Å². The molecule has 2 aliphatic heterocycles. The SMILES string of the molecule is COc1ccc(Oc2ccccc2C(=O)C[C@H]2CO[C@H]3[C@@H]2OC[C@@H]3NC(=O)C2CC2)cc1. The number of methoxy groups -OCH3 is 1. The zero-order chi connectivity index (χ0) is 22.1. The summed E-state index contributed by atoms with van der Waals surface area (Å²) in [6, 6.07) is 14.3. The number of Topliss-reactive ketones (excluding diaryl/α,β-unsaturated/α-hetero) is 1. The fourth-order valence-corrected chi connectivity index (χ4v) is 4.43. The number of carbonyl (C=O) groups excluding carboxylic acids is 2. The zero-order valence-electron chi connectivity index (χ0n) is 18.0. The van der Waals surface area contributed by atoms with Crippen molar-refractivity contribution in [1.82, 2.24) is 5.32 Å². The van der Waals surface area contributed by atoms with Crippen LogP contribution in [-0.2, 0) is 14.3 Å². The van der Waals surface area contributed by atoms with Crippen molar-refractivity contribution in [3.63, 3.8) is 0 Å². The van der Waals surface area contributed by atoms with Gasteiger partial charge in [0, 0.05) is 18.3 Å². The van der Waals surface area contributed by atoms with Crippen LogP contribution in [-0.4, -0.2) is 50.3 Å². The van der Waals surface area contributed by atoms with E-state index in [9.17, 15) is 9.59 Å². The second-order valence-electron chi connectivity index (χ2n) is 8.65. The second kappa shape index (κ2) is 8.92. The van der Waals surface area contributed by atoms with E-state index in [0.29, 0.717) is 36.7 Å². The third kappa shape index (κ3) is 4.36. The molecule has 0 radical (unpaired) electrons. The third-order valence-electron chi connectivity index (χ3n) is 6.35. The van der Waals surface area contributed by atoms with E-state index >= 15 is 0 Å². The van der Waals surface area contributed by atoms with Crippen LogP contribution in [0.4, 0.5) is 0 Å². The summed E-state index contributed by atoms with van der Waals surface area (Å²) in [6.07, 6.45) is 1.85. The smallest absolute Gasteiger partial charge is 0.223 e. The molecule has 2 aromatic carbocycles. The third-order valence-corrected chi connectivity index (χ3v) is 6.35. The molecule has 3 fully saturated rings. The van der Waals surface area contributed by atoms with Gasteiger partial charge in [0.2, 0.25) is 5.91 Å². The number of hydrogen-bond acceptors (Lipinski definition) is 6. The molecule has 3 aliphatic rings. The standard InChI is InChI=1S/C25H27NO6/c1-29-17-8-10-18(11-9-17)32-22-5-3-2-4-19(22)21(27)12-16-13-30-24-20(14-31-23(16)24)26-25(28)15-6-7-15/h2-5,8-11,15-16,20,23-24H,6-7,12-14H2,1H3,(H,26,28)/t16-,20-,23+,24+/m0/s1. The van der Waals surface area contributed by atoms with Gasteiger partial charge in [-0.05, 0) is 49.2 Å².